The predicted molar refractivity (Wildman–Crippen MR) is 84.7 cm³/mol. The molecule has 0 atom stereocenters. The van der Waals surface area contributed by atoms with Crippen molar-refractivity contribution in [3.8, 4) is 0 Å². The van der Waals surface area contributed by atoms with Gasteiger partial charge in [0.1, 0.15) is 5.82 Å². The Balaban J connectivity index is 1.97. The van der Waals surface area contributed by atoms with E-state index in [0.29, 0.717) is 35.4 Å². The normalized spacial score (nSPS) is 10.7. The highest BCUT2D eigenvalue weighted by molar-refractivity contribution is 7.21. The van der Waals surface area contributed by atoms with E-state index in [2.05, 4.69) is 5.32 Å². The van der Waals surface area contributed by atoms with Crippen molar-refractivity contribution in [2.45, 2.75) is 26.7 Å². The molecule has 0 saturated carbocycles. The largest absolute Gasteiger partial charge is 0.466 e. The molecule has 4 nitrogen and oxygen atoms in total. The number of carbonyl (C=O) groups is 2. The maximum atomic E-state index is 13.8. The van der Waals surface area contributed by atoms with Crippen LogP contribution in [-0.4, -0.2) is 25.0 Å². The van der Waals surface area contributed by atoms with Crippen LogP contribution in [0.5, 0.6) is 0 Å². The summed E-state index contributed by atoms with van der Waals surface area (Å²) >= 11 is 1.27. The van der Waals surface area contributed by atoms with Crippen LogP contribution in [0.3, 0.4) is 0 Å². The van der Waals surface area contributed by atoms with Crippen molar-refractivity contribution in [3.63, 3.8) is 0 Å². The summed E-state index contributed by atoms with van der Waals surface area (Å²) in [5.74, 6) is -0.813. The maximum Gasteiger partial charge on any atom is 0.305 e. The van der Waals surface area contributed by atoms with E-state index in [9.17, 15) is 14.0 Å². The van der Waals surface area contributed by atoms with E-state index in [-0.39, 0.29) is 24.1 Å². The van der Waals surface area contributed by atoms with Crippen molar-refractivity contribution in [3.05, 3.63) is 34.5 Å². The Morgan fingerprint density at radius 2 is 2.14 bits per heavy atom. The number of hydrogen-bond donors (Lipinski definition) is 1. The molecule has 0 spiro atoms. The summed E-state index contributed by atoms with van der Waals surface area (Å²) < 4.78 is 19.4. The molecule has 0 saturated heterocycles. The summed E-state index contributed by atoms with van der Waals surface area (Å²) in [5.41, 5.74) is 0.654. The first-order valence-corrected chi connectivity index (χ1v) is 7.97. The molecule has 2 rings (SSSR count). The van der Waals surface area contributed by atoms with Crippen LogP contribution in [0.25, 0.3) is 10.1 Å². The van der Waals surface area contributed by atoms with E-state index in [4.69, 9.17) is 4.74 Å². The van der Waals surface area contributed by atoms with Crippen molar-refractivity contribution in [1.29, 1.82) is 0 Å². The third kappa shape index (κ3) is 3.62. The van der Waals surface area contributed by atoms with E-state index in [1.54, 1.807) is 26.0 Å². The lowest BCUT2D eigenvalue weighted by molar-refractivity contribution is -0.143. The molecule has 1 heterocycles. The van der Waals surface area contributed by atoms with Crippen molar-refractivity contribution in [2.24, 2.45) is 0 Å². The Bertz CT molecular complexity index is 696. The van der Waals surface area contributed by atoms with Crippen LogP contribution >= 0.6 is 11.3 Å². The molecule has 0 aliphatic heterocycles. The molecule has 0 fully saturated rings. The van der Waals surface area contributed by atoms with Gasteiger partial charge in [-0.25, -0.2) is 4.39 Å². The molecule has 0 aliphatic carbocycles. The van der Waals surface area contributed by atoms with Gasteiger partial charge in [-0.2, -0.15) is 0 Å². The highest BCUT2D eigenvalue weighted by Crippen LogP contribution is 2.32. The van der Waals surface area contributed by atoms with E-state index in [1.165, 1.54) is 17.4 Å². The van der Waals surface area contributed by atoms with E-state index in [1.807, 2.05) is 0 Å². The van der Waals surface area contributed by atoms with Gasteiger partial charge in [-0.1, -0.05) is 6.07 Å². The molecule has 1 amide bonds. The van der Waals surface area contributed by atoms with Crippen LogP contribution in [0, 0.1) is 12.7 Å². The molecule has 1 N–H and O–H groups in total. The summed E-state index contributed by atoms with van der Waals surface area (Å²) in [5, 5.41) is 3.26. The maximum absolute atomic E-state index is 13.8. The Kier molecular flexibility index (Phi) is 5.49. The number of thiophene rings is 1. The molecule has 118 valence electrons. The number of rotatable bonds is 6. The number of nitrogens with one attached hydrogen (secondary N) is 1. The van der Waals surface area contributed by atoms with Crippen LogP contribution in [0.15, 0.2) is 18.2 Å². The highest BCUT2D eigenvalue weighted by Gasteiger charge is 2.17. The average Bonchev–Trinajstić information content (AvgIpc) is 2.82. The molecule has 0 aliphatic rings. The Labute approximate surface area is 132 Å². The van der Waals surface area contributed by atoms with Gasteiger partial charge in [-0.05, 0) is 38.0 Å². The Hall–Kier alpha value is -1.95. The first kappa shape index (κ1) is 16.4. The van der Waals surface area contributed by atoms with Gasteiger partial charge < -0.3 is 10.1 Å². The van der Waals surface area contributed by atoms with Crippen LogP contribution in [0.1, 0.15) is 35.0 Å². The summed E-state index contributed by atoms with van der Waals surface area (Å²) in [7, 11) is 0. The van der Waals surface area contributed by atoms with Gasteiger partial charge in [0.25, 0.3) is 5.91 Å². The number of aryl methyl sites for hydroxylation is 1. The Morgan fingerprint density at radius 1 is 1.36 bits per heavy atom. The minimum atomic E-state index is -0.312. The number of hydrogen-bond acceptors (Lipinski definition) is 4. The zero-order valence-corrected chi connectivity index (χ0v) is 13.4. The third-order valence-corrected chi connectivity index (χ3v) is 4.51. The molecule has 6 heteroatoms. The molecular formula is C16H18FNO3S. The van der Waals surface area contributed by atoms with E-state index >= 15 is 0 Å². The van der Waals surface area contributed by atoms with Gasteiger partial charge in [0.2, 0.25) is 0 Å². The minimum absolute atomic E-state index is 0.234. The first-order valence-electron chi connectivity index (χ1n) is 7.16. The van der Waals surface area contributed by atoms with Gasteiger partial charge in [0.15, 0.2) is 0 Å². The molecule has 1 aromatic heterocycles. The second kappa shape index (κ2) is 7.35. The molecular weight excluding hydrogens is 305 g/mol. The number of ether oxygens (including phenoxy) is 1. The zero-order valence-electron chi connectivity index (χ0n) is 12.6. The SMILES string of the molecule is CCOC(=O)CCCNC(=O)c1sc2cccc(F)c2c1C. The fourth-order valence-electron chi connectivity index (χ4n) is 2.22. The number of esters is 1. The van der Waals surface area contributed by atoms with Gasteiger partial charge >= 0.3 is 5.97 Å². The van der Waals surface area contributed by atoms with Crippen LogP contribution in [-0.2, 0) is 9.53 Å². The Morgan fingerprint density at radius 3 is 2.82 bits per heavy atom. The van der Waals surface area contributed by atoms with Crippen LogP contribution in [0.2, 0.25) is 0 Å². The van der Waals surface area contributed by atoms with Crippen molar-refractivity contribution in [2.75, 3.05) is 13.2 Å². The summed E-state index contributed by atoms with van der Waals surface area (Å²) in [4.78, 5) is 23.9. The first-order chi connectivity index (χ1) is 10.5. The van der Waals surface area contributed by atoms with E-state index in [0.717, 1.165) is 4.70 Å². The quantitative estimate of drug-likeness (QED) is 0.654. The van der Waals surface area contributed by atoms with Crippen molar-refractivity contribution in [1.82, 2.24) is 5.32 Å². The number of carbonyl (C=O) groups excluding carboxylic acids is 2. The fourth-order valence-corrected chi connectivity index (χ4v) is 3.36. The van der Waals surface area contributed by atoms with Crippen LogP contribution < -0.4 is 5.32 Å². The molecule has 2 aromatic rings. The molecule has 0 unspecified atom stereocenters. The fraction of sp³-hybridized carbons (Fsp3) is 0.375. The lowest BCUT2D eigenvalue weighted by Gasteiger charge is -2.04. The van der Waals surface area contributed by atoms with Crippen LogP contribution in [0.4, 0.5) is 4.39 Å². The summed E-state index contributed by atoms with van der Waals surface area (Å²) in [6.07, 6.45) is 0.789. The van der Waals surface area contributed by atoms with Crippen molar-refractivity contribution >= 4 is 33.3 Å². The van der Waals surface area contributed by atoms with Gasteiger partial charge in [0, 0.05) is 23.1 Å². The predicted octanol–water partition coefficient (Wildman–Crippen LogP) is 3.42. The summed E-state index contributed by atoms with van der Waals surface area (Å²) in [6, 6.07) is 4.82. The third-order valence-electron chi connectivity index (χ3n) is 3.26. The topological polar surface area (TPSA) is 55.4 Å². The smallest absolute Gasteiger partial charge is 0.305 e. The van der Waals surface area contributed by atoms with Gasteiger partial charge in [-0.15, -0.1) is 11.3 Å². The zero-order chi connectivity index (χ0) is 16.1. The van der Waals surface area contributed by atoms with Gasteiger partial charge in [0.05, 0.1) is 11.5 Å². The number of benzene rings is 1. The number of fused-ring (bicyclic) bond motifs is 1. The number of halogens is 1. The standard InChI is InChI=1S/C16H18FNO3S/c1-3-21-13(19)8-5-9-18-16(20)15-10(2)14-11(17)6-4-7-12(14)22-15/h4,6-7H,3,5,8-9H2,1-2H3,(H,18,20). The second-order valence-corrected chi connectivity index (χ2v) is 5.89. The summed E-state index contributed by atoms with van der Waals surface area (Å²) in [6.45, 7) is 4.24. The molecule has 0 radical (unpaired) electrons. The molecule has 0 bridgehead atoms. The van der Waals surface area contributed by atoms with Gasteiger partial charge in [-0.3, -0.25) is 9.59 Å². The lowest BCUT2D eigenvalue weighted by atomic mass is 10.1. The highest BCUT2D eigenvalue weighted by atomic mass is 32.1. The molecule has 22 heavy (non-hydrogen) atoms. The lowest BCUT2D eigenvalue weighted by Crippen LogP contribution is -2.24. The van der Waals surface area contributed by atoms with Crippen molar-refractivity contribution < 1.29 is 18.7 Å². The molecule has 1 aromatic carbocycles. The van der Waals surface area contributed by atoms with E-state index < -0.39 is 0 Å². The monoisotopic (exact) mass is 323 g/mol. The number of amides is 1. The minimum Gasteiger partial charge on any atom is -0.466 e. The average molecular weight is 323 g/mol. The second-order valence-electron chi connectivity index (χ2n) is 4.83.